The molecule has 0 amide bonds. The second-order valence-electron chi connectivity index (χ2n) is 7.06. The van der Waals surface area contributed by atoms with Crippen molar-refractivity contribution in [3.63, 3.8) is 0 Å². The molecule has 5 heteroatoms. The largest absolute Gasteiger partial charge is 0.381 e. The van der Waals surface area contributed by atoms with Crippen LogP contribution in [0.25, 0.3) is 10.9 Å². The molecule has 24 heavy (non-hydrogen) atoms. The molecule has 1 unspecified atom stereocenters. The van der Waals surface area contributed by atoms with Crippen molar-refractivity contribution < 1.29 is 4.74 Å². The van der Waals surface area contributed by atoms with Gasteiger partial charge in [0.15, 0.2) is 5.96 Å². The number of para-hydroxylation sites is 1. The number of likely N-dealkylation sites (tertiary alicyclic amines) is 1. The molecule has 0 saturated carbocycles. The molecule has 4 rings (SSSR count). The van der Waals surface area contributed by atoms with E-state index in [2.05, 4.69) is 50.7 Å². The zero-order valence-electron chi connectivity index (χ0n) is 14.3. The molecule has 1 aromatic carbocycles. The number of benzene rings is 1. The minimum atomic E-state index is 0.370. The fraction of sp³-hybridized carbons (Fsp3) is 0.526. The minimum Gasteiger partial charge on any atom is -0.381 e. The molecule has 2 N–H and O–H groups in total. The van der Waals surface area contributed by atoms with Crippen LogP contribution in [0.15, 0.2) is 35.5 Å². The van der Waals surface area contributed by atoms with E-state index in [4.69, 9.17) is 4.74 Å². The van der Waals surface area contributed by atoms with Crippen LogP contribution in [-0.4, -0.2) is 55.7 Å². The van der Waals surface area contributed by atoms with Crippen LogP contribution < -0.4 is 5.32 Å². The first-order chi connectivity index (χ1) is 11.8. The number of nitrogens with zero attached hydrogens (tertiary/aromatic N) is 2. The van der Waals surface area contributed by atoms with Crippen molar-refractivity contribution in [3.05, 3.63) is 36.0 Å². The summed E-state index contributed by atoms with van der Waals surface area (Å²) in [7, 11) is 1.88. The van der Waals surface area contributed by atoms with Crippen LogP contribution in [0.2, 0.25) is 0 Å². The molecule has 5 nitrogen and oxygen atoms in total. The number of ether oxygens (including phenoxy) is 1. The van der Waals surface area contributed by atoms with Crippen LogP contribution in [0.4, 0.5) is 0 Å². The summed E-state index contributed by atoms with van der Waals surface area (Å²) in [6.45, 7) is 4.88. The van der Waals surface area contributed by atoms with Crippen molar-refractivity contribution in [2.45, 2.75) is 19.3 Å². The smallest absolute Gasteiger partial charge is 0.193 e. The lowest BCUT2D eigenvalue weighted by molar-refractivity contribution is 0.156. The lowest BCUT2D eigenvalue weighted by atomic mass is 9.87. The quantitative estimate of drug-likeness (QED) is 0.673. The van der Waals surface area contributed by atoms with Crippen LogP contribution >= 0.6 is 0 Å². The fourth-order valence-corrected chi connectivity index (χ4v) is 4.07. The molecule has 2 aromatic rings. The Morgan fingerprint density at radius 3 is 3.12 bits per heavy atom. The van der Waals surface area contributed by atoms with E-state index in [0.29, 0.717) is 5.41 Å². The first-order valence-corrected chi connectivity index (χ1v) is 8.88. The Kier molecular flexibility index (Phi) is 4.19. The van der Waals surface area contributed by atoms with Crippen molar-refractivity contribution in [1.82, 2.24) is 15.2 Å². The van der Waals surface area contributed by atoms with Gasteiger partial charge in [0.1, 0.15) is 0 Å². The Bertz CT molecular complexity index is 730. The van der Waals surface area contributed by atoms with Crippen molar-refractivity contribution in [2.75, 3.05) is 39.9 Å². The minimum absolute atomic E-state index is 0.370. The molecule has 2 saturated heterocycles. The van der Waals surface area contributed by atoms with Crippen LogP contribution in [0.3, 0.4) is 0 Å². The van der Waals surface area contributed by atoms with Gasteiger partial charge in [-0.25, -0.2) is 0 Å². The number of fused-ring (bicyclic) bond motifs is 1. The maximum atomic E-state index is 5.62. The Labute approximate surface area is 143 Å². The number of hydrogen-bond donors (Lipinski definition) is 2. The highest BCUT2D eigenvalue weighted by Crippen LogP contribution is 2.38. The number of H-pyrrole nitrogens is 1. The third-order valence-corrected chi connectivity index (χ3v) is 5.49. The van der Waals surface area contributed by atoms with Gasteiger partial charge in [-0.15, -0.1) is 0 Å². The van der Waals surface area contributed by atoms with E-state index < -0.39 is 0 Å². The molecule has 128 valence electrons. The second kappa shape index (κ2) is 6.48. The van der Waals surface area contributed by atoms with Crippen molar-refractivity contribution >= 4 is 16.9 Å². The topological polar surface area (TPSA) is 52.7 Å². The van der Waals surface area contributed by atoms with Gasteiger partial charge >= 0.3 is 0 Å². The number of aliphatic imine (C=N–C) groups is 1. The molecular formula is C19H26N4O. The normalized spacial score (nSPS) is 24.4. The molecule has 1 aromatic heterocycles. The molecule has 1 atom stereocenters. The van der Waals surface area contributed by atoms with Gasteiger partial charge in [-0.05, 0) is 30.9 Å². The lowest BCUT2D eigenvalue weighted by Gasteiger charge is -2.24. The van der Waals surface area contributed by atoms with Gasteiger partial charge in [-0.3, -0.25) is 4.99 Å². The van der Waals surface area contributed by atoms with E-state index in [9.17, 15) is 0 Å². The Hall–Kier alpha value is -2.01. The standard InChI is InChI=1S/C19H26N4O/c1-20-18(23-10-7-19(13-23)8-11-24-14-19)21-9-6-15-12-22-17-5-3-2-4-16(15)17/h2-5,12,22H,6-11,13-14H2,1H3,(H,20,21). The highest BCUT2D eigenvalue weighted by Gasteiger charge is 2.42. The highest BCUT2D eigenvalue weighted by atomic mass is 16.5. The molecule has 2 aliphatic heterocycles. The van der Waals surface area contributed by atoms with Crippen LogP contribution in [-0.2, 0) is 11.2 Å². The summed E-state index contributed by atoms with van der Waals surface area (Å²) in [6.07, 6.45) is 5.52. The molecule has 1 spiro atoms. The van der Waals surface area contributed by atoms with Crippen LogP contribution in [0.1, 0.15) is 18.4 Å². The number of guanidine groups is 1. The van der Waals surface area contributed by atoms with Gasteiger partial charge in [-0.2, -0.15) is 0 Å². The van der Waals surface area contributed by atoms with E-state index in [1.54, 1.807) is 0 Å². The number of aromatic amines is 1. The zero-order chi connectivity index (χ0) is 16.4. The summed E-state index contributed by atoms with van der Waals surface area (Å²) in [5.41, 5.74) is 2.93. The Morgan fingerprint density at radius 2 is 2.29 bits per heavy atom. The van der Waals surface area contributed by atoms with Gasteiger partial charge < -0.3 is 19.9 Å². The molecule has 2 fully saturated rings. The molecule has 2 aliphatic rings. The number of rotatable bonds is 3. The summed E-state index contributed by atoms with van der Waals surface area (Å²) < 4.78 is 5.62. The van der Waals surface area contributed by atoms with Crippen molar-refractivity contribution in [2.24, 2.45) is 10.4 Å². The Morgan fingerprint density at radius 1 is 1.38 bits per heavy atom. The summed E-state index contributed by atoms with van der Waals surface area (Å²) in [4.78, 5) is 10.2. The SMILES string of the molecule is CN=C(NCCc1c[nH]c2ccccc12)N1CCC2(CCOC2)C1. The summed E-state index contributed by atoms with van der Waals surface area (Å²) in [5.74, 6) is 1.03. The molecular weight excluding hydrogens is 300 g/mol. The number of aromatic nitrogens is 1. The number of hydrogen-bond acceptors (Lipinski definition) is 2. The van der Waals surface area contributed by atoms with Gasteiger partial charge in [0.05, 0.1) is 6.61 Å². The van der Waals surface area contributed by atoms with Gasteiger partial charge in [0.2, 0.25) is 0 Å². The van der Waals surface area contributed by atoms with Crippen molar-refractivity contribution in [3.8, 4) is 0 Å². The average molecular weight is 326 g/mol. The van der Waals surface area contributed by atoms with E-state index in [0.717, 1.165) is 45.2 Å². The molecule has 0 bridgehead atoms. The molecule has 0 aliphatic carbocycles. The number of nitrogens with one attached hydrogen (secondary N) is 2. The second-order valence-corrected chi connectivity index (χ2v) is 7.06. The fourth-order valence-electron chi connectivity index (χ4n) is 4.07. The van der Waals surface area contributed by atoms with Gasteiger partial charge in [0, 0.05) is 55.8 Å². The molecule has 3 heterocycles. The molecule has 0 radical (unpaired) electrons. The summed E-state index contributed by atoms with van der Waals surface area (Å²) >= 11 is 0. The predicted molar refractivity (Wildman–Crippen MR) is 97.4 cm³/mol. The predicted octanol–water partition coefficient (Wildman–Crippen LogP) is 2.40. The first kappa shape index (κ1) is 15.5. The van der Waals surface area contributed by atoms with E-state index in [-0.39, 0.29) is 0 Å². The maximum absolute atomic E-state index is 5.62. The van der Waals surface area contributed by atoms with E-state index >= 15 is 0 Å². The monoisotopic (exact) mass is 326 g/mol. The van der Waals surface area contributed by atoms with Gasteiger partial charge in [-0.1, -0.05) is 18.2 Å². The third-order valence-electron chi connectivity index (χ3n) is 5.49. The Balaban J connectivity index is 1.34. The lowest BCUT2D eigenvalue weighted by Crippen LogP contribution is -2.42. The van der Waals surface area contributed by atoms with Crippen LogP contribution in [0.5, 0.6) is 0 Å². The highest BCUT2D eigenvalue weighted by molar-refractivity contribution is 5.83. The maximum Gasteiger partial charge on any atom is 0.193 e. The van der Waals surface area contributed by atoms with Gasteiger partial charge in [0.25, 0.3) is 0 Å². The van der Waals surface area contributed by atoms with E-state index in [1.807, 2.05) is 7.05 Å². The average Bonchev–Trinajstić information content (AvgIpc) is 3.34. The zero-order valence-corrected chi connectivity index (χ0v) is 14.3. The van der Waals surface area contributed by atoms with Crippen LogP contribution in [0, 0.1) is 5.41 Å². The summed E-state index contributed by atoms with van der Waals surface area (Å²) in [5, 5.41) is 4.86. The summed E-state index contributed by atoms with van der Waals surface area (Å²) in [6, 6.07) is 8.47. The first-order valence-electron chi connectivity index (χ1n) is 8.88. The van der Waals surface area contributed by atoms with Crippen molar-refractivity contribution in [1.29, 1.82) is 0 Å². The van der Waals surface area contributed by atoms with E-state index in [1.165, 1.54) is 29.3 Å². The third kappa shape index (κ3) is 2.88.